The largest absolute Gasteiger partial charge is 0.354 e. The number of aromatic nitrogens is 3. The van der Waals surface area contributed by atoms with Gasteiger partial charge >= 0.3 is 0 Å². The summed E-state index contributed by atoms with van der Waals surface area (Å²) in [5, 5.41) is 3.29. The van der Waals surface area contributed by atoms with Gasteiger partial charge in [-0.3, -0.25) is 0 Å². The van der Waals surface area contributed by atoms with E-state index in [0.29, 0.717) is 11.9 Å². The lowest BCUT2D eigenvalue weighted by molar-refractivity contribution is 0.628. The van der Waals surface area contributed by atoms with Crippen molar-refractivity contribution >= 4 is 17.8 Å². The maximum Gasteiger partial charge on any atom is 0.231 e. The summed E-state index contributed by atoms with van der Waals surface area (Å²) in [6, 6.07) is 0. The molecule has 2 heterocycles. The molecule has 21 heavy (non-hydrogen) atoms. The predicted octanol–water partition coefficient (Wildman–Crippen LogP) is 2.39. The molecule has 118 valence electrons. The minimum absolute atomic E-state index is 0.578. The van der Waals surface area contributed by atoms with Crippen LogP contribution in [0.15, 0.2) is 0 Å². The summed E-state index contributed by atoms with van der Waals surface area (Å²) in [6.45, 7) is 10.5. The van der Waals surface area contributed by atoms with Crippen LogP contribution >= 0.6 is 0 Å². The lowest BCUT2D eigenvalue weighted by Gasteiger charge is -2.22. The Bertz CT molecular complexity index is 442. The molecule has 6 heteroatoms. The van der Waals surface area contributed by atoms with Gasteiger partial charge in [0.15, 0.2) is 0 Å². The Labute approximate surface area is 128 Å². The van der Waals surface area contributed by atoms with Crippen LogP contribution in [0.1, 0.15) is 40.0 Å². The summed E-state index contributed by atoms with van der Waals surface area (Å²) in [7, 11) is 2.05. The average Bonchev–Trinajstić information content (AvgIpc) is 2.98. The van der Waals surface area contributed by atoms with Gasteiger partial charge in [-0.05, 0) is 25.2 Å². The first-order valence-electron chi connectivity index (χ1n) is 8.06. The highest BCUT2D eigenvalue weighted by Gasteiger charge is 2.18. The van der Waals surface area contributed by atoms with Crippen molar-refractivity contribution in [3.63, 3.8) is 0 Å². The van der Waals surface area contributed by atoms with Gasteiger partial charge in [0.05, 0.1) is 0 Å². The van der Waals surface area contributed by atoms with Crippen LogP contribution in [0.4, 0.5) is 17.8 Å². The standard InChI is InChI=1S/C15H28N6/c1-5-8-16-13-17-14(20(4)11-12(2)3)19-15(18-13)21-9-6-7-10-21/h12H,5-11H2,1-4H3,(H,16,17,18,19). The van der Waals surface area contributed by atoms with Gasteiger partial charge < -0.3 is 15.1 Å². The van der Waals surface area contributed by atoms with E-state index in [9.17, 15) is 0 Å². The smallest absolute Gasteiger partial charge is 0.231 e. The average molecular weight is 292 g/mol. The van der Waals surface area contributed by atoms with Crippen LogP contribution < -0.4 is 15.1 Å². The Morgan fingerprint density at radius 3 is 2.52 bits per heavy atom. The fourth-order valence-electron chi connectivity index (χ4n) is 2.53. The van der Waals surface area contributed by atoms with E-state index in [1.54, 1.807) is 0 Å². The maximum absolute atomic E-state index is 4.67. The van der Waals surface area contributed by atoms with Crippen LogP contribution in [0.2, 0.25) is 0 Å². The Balaban J connectivity index is 2.22. The molecule has 1 aliphatic heterocycles. The minimum atomic E-state index is 0.578. The van der Waals surface area contributed by atoms with Gasteiger partial charge in [0.2, 0.25) is 17.8 Å². The lowest BCUT2D eigenvalue weighted by atomic mass is 10.2. The number of anilines is 3. The molecule has 1 N–H and O–H groups in total. The van der Waals surface area contributed by atoms with E-state index in [4.69, 9.17) is 0 Å². The third-order valence-corrected chi connectivity index (χ3v) is 3.51. The second-order valence-electron chi connectivity index (χ2n) is 6.15. The summed E-state index contributed by atoms with van der Waals surface area (Å²) >= 11 is 0. The monoisotopic (exact) mass is 292 g/mol. The molecule has 0 amide bonds. The highest BCUT2D eigenvalue weighted by atomic mass is 15.4. The molecule has 6 nitrogen and oxygen atoms in total. The molecule has 2 rings (SSSR count). The van der Waals surface area contributed by atoms with Crippen LogP contribution in [-0.4, -0.2) is 48.2 Å². The molecule has 1 fully saturated rings. The first kappa shape index (κ1) is 15.8. The van der Waals surface area contributed by atoms with Gasteiger partial charge in [-0.2, -0.15) is 15.0 Å². The second kappa shape index (κ2) is 7.43. The van der Waals surface area contributed by atoms with Gasteiger partial charge in [0.1, 0.15) is 0 Å². The van der Waals surface area contributed by atoms with E-state index in [1.165, 1.54) is 12.8 Å². The molecule has 1 aromatic heterocycles. The molecule has 0 unspecified atom stereocenters. The highest BCUT2D eigenvalue weighted by Crippen LogP contribution is 2.20. The van der Waals surface area contributed by atoms with Crippen molar-refractivity contribution in [2.24, 2.45) is 5.92 Å². The van der Waals surface area contributed by atoms with Gasteiger partial charge in [-0.15, -0.1) is 0 Å². The number of hydrogen-bond acceptors (Lipinski definition) is 6. The Morgan fingerprint density at radius 1 is 1.19 bits per heavy atom. The minimum Gasteiger partial charge on any atom is -0.354 e. The van der Waals surface area contributed by atoms with E-state index < -0.39 is 0 Å². The van der Waals surface area contributed by atoms with Crippen molar-refractivity contribution < 1.29 is 0 Å². The molecular weight excluding hydrogens is 264 g/mol. The van der Waals surface area contributed by atoms with Crippen LogP contribution in [0, 0.1) is 5.92 Å². The molecule has 0 aliphatic carbocycles. The second-order valence-corrected chi connectivity index (χ2v) is 6.15. The Kier molecular flexibility index (Phi) is 5.59. The number of nitrogens with zero attached hydrogens (tertiary/aromatic N) is 5. The summed E-state index contributed by atoms with van der Waals surface area (Å²) in [5.41, 5.74) is 0. The molecular formula is C15H28N6. The molecule has 0 aromatic carbocycles. The third kappa shape index (κ3) is 4.44. The van der Waals surface area contributed by atoms with Gasteiger partial charge in [-0.25, -0.2) is 0 Å². The zero-order valence-corrected chi connectivity index (χ0v) is 13.8. The summed E-state index contributed by atoms with van der Waals surface area (Å²) in [4.78, 5) is 18.2. The van der Waals surface area contributed by atoms with Crippen LogP contribution in [-0.2, 0) is 0 Å². The van der Waals surface area contributed by atoms with Crippen molar-refractivity contribution in [2.75, 3.05) is 48.3 Å². The number of nitrogens with one attached hydrogen (secondary N) is 1. The van der Waals surface area contributed by atoms with E-state index in [2.05, 4.69) is 50.8 Å². The van der Waals surface area contributed by atoms with E-state index >= 15 is 0 Å². The topological polar surface area (TPSA) is 57.2 Å². The van der Waals surface area contributed by atoms with E-state index in [-0.39, 0.29) is 0 Å². The molecule has 0 radical (unpaired) electrons. The lowest BCUT2D eigenvalue weighted by Crippen LogP contribution is -2.28. The normalized spacial score (nSPS) is 14.8. The predicted molar refractivity (Wildman–Crippen MR) is 88.2 cm³/mol. The number of hydrogen-bond donors (Lipinski definition) is 1. The quantitative estimate of drug-likeness (QED) is 0.833. The molecule has 0 atom stereocenters. The van der Waals surface area contributed by atoms with Crippen molar-refractivity contribution in [1.82, 2.24) is 15.0 Å². The molecule has 1 saturated heterocycles. The SMILES string of the molecule is CCCNc1nc(N(C)CC(C)C)nc(N2CCCC2)n1. The first-order chi connectivity index (χ1) is 10.1. The van der Waals surface area contributed by atoms with Crippen LogP contribution in [0.3, 0.4) is 0 Å². The zero-order chi connectivity index (χ0) is 15.2. The highest BCUT2D eigenvalue weighted by molar-refractivity contribution is 5.45. The zero-order valence-electron chi connectivity index (χ0n) is 13.8. The van der Waals surface area contributed by atoms with Crippen molar-refractivity contribution in [3.05, 3.63) is 0 Å². The Morgan fingerprint density at radius 2 is 1.90 bits per heavy atom. The fourth-order valence-corrected chi connectivity index (χ4v) is 2.53. The van der Waals surface area contributed by atoms with Gasteiger partial charge in [0.25, 0.3) is 0 Å². The Hall–Kier alpha value is -1.59. The molecule has 0 saturated carbocycles. The molecule has 0 spiro atoms. The van der Waals surface area contributed by atoms with E-state index in [0.717, 1.165) is 44.5 Å². The van der Waals surface area contributed by atoms with Crippen molar-refractivity contribution in [3.8, 4) is 0 Å². The molecule has 1 aromatic rings. The maximum atomic E-state index is 4.67. The van der Waals surface area contributed by atoms with Gasteiger partial charge in [-0.1, -0.05) is 20.8 Å². The van der Waals surface area contributed by atoms with Crippen molar-refractivity contribution in [1.29, 1.82) is 0 Å². The van der Waals surface area contributed by atoms with Crippen LogP contribution in [0.25, 0.3) is 0 Å². The summed E-state index contributed by atoms with van der Waals surface area (Å²) < 4.78 is 0. The summed E-state index contributed by atoms with van der Waals surface area (Å²) in [6.07, 6.45) is 3.50. The van der Waals surface area contributed by atoms with E-state index in [1.807, 2.05) is 7.05 Å². The third-order valence-electron chi connectivity index (χ3n) is 3.51. The fraction of sp³-hybridized carbons (Fsp3) is 0.800. The van der Waals surface area contributed by atoms with Gasteiger partial charge in [0, 0.05) is 33.2 Å². The van der Waals surface area contributed by atoms with Crippen LogP contribution in [0.5, 0.6) is 0 Å². The number of rotatable bonds is 7. The van der Waals surface area contributed by atoms with Crippen molar-refractivity contribution in [2.45, 2.75) is 40.0 Å². The first-order valence-corrected chi connectivity index (χ1v) is 8.06. The molecule has 0 bridgehead atoms. The summed E-state index contributed by atoms with van der Waals surface area (Å²) in [5.74, 6) is 2.85. The molecule has 1 aliphatic rings.